The second kappa shape index (κ2) is 13.0. The molecule has 0 amide bonds. The first-order chi connectivity index (χ1) is 21.0. The highest BCUT2D eigenvalue weighted by Gasteiger charge is 2.33. The fourth-order valence-corrected chi connectivity index (χ4v) is 6.44. The summed E-state index contributed by atoms with van der Waals surface area (Å²) in [5, 5.41) is -0.292. The first-order valence-corrected chi connectivity index (χ1v) is 16.3. The van der Waals surface area contributed by atoms with Gasteiger partial charge in [0.2, 0.25) is 15.7 Å². The number of hydrogen-bond acceptors (Lipinski definition) is 10. The number of hydrogen-bond donors (Lipinski definition) is 1. The maximum atomic E-state index is 13.7. The Balaban J connectivity index is 1.40. The minimum atomic E-state index is -4.12. The summed E-state index contributed by atoms with van der Waals surface area (Å²) in [4.78, 5) is 29.1. The number of anilines is 2. The predicted molar refractivity (Wildman–Crippen MR) is 170 cm³/mol. The maximum absolute atomic E-state index is 13.7. The van der Waals surface area contributed by atoms with E-state index in [1.807, 2.05) is 50.2 Å². The number of ketones is 1. The van der Waals surface area contributed by atoms with Gasteiger partial charge in [-0.2, -0.15) is 0 Å². The number of nitrogen functional groups attached to an aromatic ring is 1. The average molecular weight is 616 g/mol. The van der Waals surface area contributed by atoms with Crippen LogP contribution in [0.4, 0.5) is 11.6 Å². The van der Waals surface area contributed by atoms with Crippen molar-refractivity contribution >= 4 is 27.3 Å². The molecule has 1 fully saturated rings. The average Bonchev–Trinajstić information content (AvgIpc) is 3.33. The van der Waals surface area contributed by atoms with Gasteiger partial charge in [0.1, 0.15) is 18.2 Å². The highest BCUT2D eigenvalue weighted by Crippen LogP contribution is 2.34. The molecule has 10 nitrogen and oxygen atoms in total. The lowest BCUT2D eigenvalue weighted by molar-refractivity contribution is 0.102. The molecule has 1 aromatic carbocycles. The Kier molecular flexibility index (Phi) is 9.14. The molecule has 0 unspecified atom stereocenters. The molecule has 5 rings (SSSR count). The number of benzene rings is 1. The molecule has 1 saturated heterocycles. The number of ether oxygens (including phenoxy) is 2. The van der Waals surface area contributed by atoms with Gasteiger partial charge in [-0.25, -0.2) is 23.4 Å². The van der Waals surface area contributed by atoms with Gasteiger partial charge in [-0.1, -0.05) is 30.3 Å². The minimum Gasteiger partial charge on any atom is -0.485 e. The smallest absolute Gasteiger partial charge is 0.213 e. The number of rotatable bonds is 11. The second-order valence-corrected chi connectivity index (χ2v) is 13.2. The first-order valence-electron chi connectivity index (χ1n) is 14.6. The number of Topliss-reactive ketones (excluding diaryl/α,β-unsaturated/α-hetero) is 1. The summed E-state index contributed by atoms with van der Waals surface area (Å²) in [5.41, 5.74) is 8.59. The summed E-state index contributed by atoms with van der Waals surface area (Å²) in [6.45, 7) is 8.27. The Labute approximate surface area is 258 Å². The summed E-state index contributed by atoms with van der Waals surface area (Å²) in [5.74, 6) is -0.200. The van der Waals surface area contributed by atoms with Crippen molar-refractivity contribution in [1.29, 1.82) is 0 Å². The van der Waals surface area contributed by atoms with Crippen LogP contribution in [0.1, 0.15) is 56.5 Å². The van der Waals surface area contributed by atoms with E-state index in [-0.39, 0.29) is 47.0 Å². The van der Waals surface area contributed by atoms with Gasteiger partial charge < -0.3 is 20.1 Å². The van der Waals surface area contributed by atoms with E-state index in [4.69, 9.17) is 20.2 Å². The van der Waals surface area contributed by atoms with E-state index in [0.29, 0.717) is 17.4 Å². The van der Waals surface area contributed by atoms with Gasteiger partial charge >= 0.3 is 0 Å². The normalized spacial score (nSPS) is 16.7. The molecule has 4 aromatic rings. The molecule has 0 saturated carbocycles. The van der Waals surface area contributed by atoms with Crippen LogP contribution in [0, 0.1) is 0 Å². The van der Waals surface area contributed by atoms with E-state index >= 15 is 0 Å². The van der Waals surface area contributed by atoms with Crippen molar-refractivity contribution in [3.8, 4) is 22.9 Å². The second-order valence-electron chi connectivity index (χ2n) is 11.3. The van der Waals surface area contributed by atoms with E-state index in [9.17, 15) is 13.2 Å². The lowest BCUT2D eigenvalue weighted by Crippen LogP contribution is -2.35. The SMILES string of the molecule is CC(C)Oc1ccc(-c2ccc(C(=O)CS(=O)(=O)c3ccc(OCc4ccccc4)c(N)n3)c(N3[C@H](C)CC[C@@H]3C)n2)cn1. The quantitative estimate of drug-likeness (QED) is 0.215. The monoisotopic (exact) mass is 615 g/mol. The largest absolute Gasteiger partial charge is 0.485 e. The first kappa shape index (κ1) is 30.9. The van der Waals surface area contributed by atoms with E-state index in [1.165, 1.54) is 12.1 Å². The highest BCUT2D eigenvalue weighted by molar-refractivity contribution is 7.92. The Morgan fingerprint density at radius 3 is 2.34 bits per heavy atom. The van der Waals surface area contributed by atoms with Crippen molar-refractivity contribution in [1.82, 2.24) is 15.0 Å². The fraction of sp³-hybridized carbons (Fsp3) is 0.333. The van der Waals surface area contributed by atoms with Crippen LogP contribution in [0.2, 0.25) is 0 Å². The molecule has 4 heterocycles. The van der Waals surface area contributed by atoms with Crippen LogP contribution in [0.25, 0.3) is 11.3 Å². The summed E-state index contributed by atoms with van der Waals surface area (Å²) < 4.78 is 38.2. The predicted octanol–water partition coefficient (Wildman–Crippen LogP) is 5.52. The molecule has 0 bridgehead atoms. The van der Waals surface area contributed by atoms with Crippen LogP contribution in [0.5, 0.6) is 11.6 Å². The molecule has 44 heavy (non-hydrogen) atoms. The molecule has 0 aliphatic carbocycles. The number of aromatic nitrogens is 3. The number of nitrogens with zero attached hydrogens (tertiary/aromatic N) is 4. The van der Waals surface area contributed by atoms with Crippen LogP contribution < -0.4 is 20.1 Å². The van der Waals surface area contributed by atoms with Gasteiger partial charge in [-0.05, 0) is 76.4 Å². The van der Waals surface area contributed by atoms with E-state index in [1.54, 1.807) is 24.4 Å². The summed E-state index contributed by atoms with van der Waals surface area (Å²) in [6.07, 6.45) is 3.54. The van der Waals surface area contributed by atoms with Crippen LogP contribution >= 0.6 is 0 Å². The number of nitrogens with two attached hydrogens (primary N) is 1. The van der Waals surface area contributed by atoms with Crippen molar-refractivity contribution < 1.29 is 22.7 Å². The fourth-order valence-electron chi connectivity index (χ4n) is 5.28. The van der Waals surface area contributed by atoms with Crippen molar-refractivity contribution in [2.45, 2.75) is 70.4 Å². The number of carbonyl (C=O) groups excluding carboxylic acids is 1. The third-order valence-corrected chi connectivity index (χ3v) is 9.00. The minimum absolute atomic E-state index is 0.00431. The molecule has 3 aromatic heterocycles. The maximum Gasteiger partial charge on any atom is 0.213 e. The summed E-state index contributed by atoms with van der Waals surface area (Å²) >= 11 is 0. The van der Waals surface area contributed by atoms with E-state index in [2.05, 4.69) is 28.7 Å². The van der Waals surface area contributed by atoms with Gasteiger partial charge in [0.05, 0.1) is 17.4 Å². The third-order valence-electron chi connectivity index (χ3n) is 7.50. The highest BCUT2D eigenvalue weighted by atomic mass is 32.2. The molecule has 1 aliphatic heterocycles. The zero-order valence-corrected chi connectivity index (χ0v) is 26.1. The third kappa shape index (κ3) is 6.99. The Bertz CT molecular complexity index is 1720. The van der Waals surface area contributed by atoms with Crippen molar-refractivity contribution in [3.63, 3.8) is 0 Å². The molecule has 1 aliphatic rings. The molecular formula is C33H37N5O5S. The molecule has 0 radical (unpaired) electrons. The van der Waals surface area contributed by atoms with Crippen LogP contribution in [0.3, 0.4) is 0 Å². The zero-order valence-electron chi connectivity index (χ0n) is 25.3. The zero-order chi connectivity index (χ0) is 31.4. The van der Waals surface area contributed by atoms with Crippen LogP contribution in [0.15, 0.2) is 78.0 Å². The van der Waals surface area contributed by atoms with Crippen molar-refractivity contribution in [3.05, 3.63) is 84.1 Å². The van der Waals surface area contributed by atoms with Gasteiger partial charge in [-0.3, -0.25) is 4.79 Å². The molecule has 2 atom stereocenters. The standard InChI is InChI=1S/C33H37N5O5S/c1-21(2)43-30-16-12-25(18-35-30)27-14-13-26(33(36-27)38-22(3)10-11-23(38)4)28(39)20-44(40,41)31-17-15-29(32(34)37-31)42-19-24-8-6-5-7-9-24/h5-9,12-18,21-23H,10-11,19-20H2,1-4H3,(H2,34,37)/t22-,23+. The summed E-state index contributed by atoms with van der Waals surface area (Å²) in [6, 6.07) is 19.5. The Hall–Kier alpha value is -4.51. The number of pyridine rings is 3. The van der Waals surface area contributed by atoms with E-state index < -0.39 is 21.4 Å². The van der Waals surface area contributed by atoms with Crippen LogP contribution in [-0.2, 0) is 16.4 Å². The molecule has 0 spiro atoms. The van der Waals surface area contributed by atoms with E-state index in [0.717, 1.165) is 24.0 Å². The van der Waals surface area contributed by atoms with Gasteiger partial charge in [-0.15, -0.1) is 0 Å². The van der Waals surface area contributed by atoms with Crippen LogP contribution in [-0.4, -0.2) is 53.1 Å². The lowest BCUT2D eigenvalue weighted by Gasteiger charge is -2.29. The van der Waals surface area contributed by atoms with Gasteiger partial charge in [0.25, 0.3) is 0 Å². The number of sulfone groups is 1. The topological polar surface area (TPSA) is 138 Å². The van der Waals surface area contributed by atoms with Crippen molar-refractivity contribution in [2.75, 3.05) is 16.4 Å². The number of carbonyl (C=O) groups is 1. The molecule has 11 heteroatoms. The van der Waals surface area contributed by atoms with Gasteiger partial charge in [0.15, 0.2) is 22.4 Å². The lowest BCUT2D eigenvalue weighted by atomic mass is 10.1. The summed E-state index contributed by atoms with van der Waals surface area (Å²) in [7, 11) is -4.12. The Morgan fingerprint density at radius 1 is 0.977 bits per heavy atom. The Morgan fingerprint density at radius 2 is 1.70 bits per heavy atom. The molecule has 230 valence electrons. The molecule has 2 N–H and O–H groups in total. The van der Waals surface area contributed by atoms with Gasteiger partial charge in [0, 0.05) is 29.9 Å². The molecular weight excluding hydrogens is 578 g/mol. The van der Waals surface area contributed by atoms with Crippen molar-refractivity contribution in [2.24, 2.45) is 0 Å².